The number of rotatable bonds is 1. The van der Waals surface area contributed by atoms with E-state index in [0.717, 1.165) is 24.8 Å². The van der Waals surface area contributed by atoms with E-state index < -0.39 is 0 Å². The molecule has 0 bridgehead atoms. The van der Waals surface area contributed by atoms with Gasteiger partial charge in [-0.2, -0.15) is 0 Å². The van der Waals surface area contributed by atoms with Gasteiger partial charge in [-0.1, -0.05) is 26.3 Å². The molecule has 0 aliphatic heterocycles. The molecule has 0 aromatic rings. The van der Waals surface area contributed by atoms with Crippen LogP contribution in [0.5, 0.6) is 0 Å². The number of ketones is 1. The van der Waals surface area contributed by atoms with E-state index in [1.165, 1.54) is 12.8 Å². The standard InChI is InChI=1S/C11H18O/c1-9(2)8-10-6-4-3-5-7-11(10)12/h8-9H,3-7H2,1-2H3/b10-8-. The van der Waals surface area contributed by atoms with Crippen LogP contribution in [0.15, 0.2) is 11.6 Å². The van der Waals surface area contributed by atoms with Crippen molar-refractivity contribution in [1.29, 1.82) is 0 Å². The number of allylic oxidation sites excluding steroid dienone is 2. The first-order valence-corrected chi connectivity index (χ1v) is 4.94. The Morgan fingerprint density at radius 2 is 1.83 bits per heavy atom. The van der Waals surface area contributed by atoms with Crippen LogP contribution in [0, 0.1) is 5.92 Å². The largest absolute Gasteiger partial charge is 0.295 e. The van der Waals surface area contributed by atoms with E-state index in [1.54, 1.807) is 0 Å². The van der Waals surface area contributed by atoms with Gasteiger partial charge in [0, 0.05) is 6.42 Å². The van der Waals surface area contributed by atoms with Crippen LogP contribution < -0.4 is 0 Å². The lowest BCUT2D eigenvalue weighted by Crippen LogP contribution is -2.00. The first-order valence-electron chi connectivity index (χ1n) is 4.94. The molecule has 0 unspecified atom stereocenters. The van der Waals surface area contributed by atoms with Crippen molar-refractivity contribution in [3.8, 4) is 0 Å². The summed E-state index contributed by atoms with van der Waals surface area (Å²) in [4.78, 5) is 11.5. The molecule has 1 aliphatic rings. The zero-order chi connectivity index (χ0) is 8.97. The van der Waals surface area contributed by atoms with Crippen molar-refractivity contribution in [2.75, 3.05) is 0 Å². The molecule has 12 heavy (non-hydrogen) atoms. The van der Waals surface area contributed by atoms with Crippen LogP contribution in [-0.2, 0) is 4.79 Å². The summed E-state index contributed by atoms with van der Waals surface area (Å²) in [5.41, 5.74) is 1.09. The predicted molar refractivity (Wildman–Crippen MR) is 51.0 cm³/mol. The molecule has 68 valence electrons. The van der Waals surface area contributed by atoms with Crippen LogP contribution in [0.4, 0.5) is 0 Å². The van der Waals surface area contributed by atoms with Gasteiger partial charge in [0.15, 0.2) is 5.78 Å². The van der Waals surface area contributed by atoms with Crippen LogP contribution in [0.1, 0.15) is 46.0 Å². The van der Waals surface area contributed by atoms with Crippen LogP contribution in [-0.4, -0.2) is 5.78 Å². The minimum Gasteiger partial charge on any atom is -0.295 e. The van der Waals surface area contributed by atoms with Crippen molar-refractivity contribution in [3.63, 3.8) is 0 Å². The Kier molecular flexibility index (Phi) is 3.51. The van der Waals surface area contributed by atoms with E-state index in [4.69, 9.17) is 0 Å². The highest BCUT2D eigenvalue weighted by Gasteiger charge is 2.12. The summed E-state index contributed by atoms with van der Waals surface area (Å²) in [5, 5.41) is 0. The molecule has 0 amide bonds. The number of carbonyl (C=O) groups excluding carboxylic acids is 1. The summed E-state index contributed by atoms with van der Waals surface area (Å²) in [6.45, 7) is 4.26. The minimum atomic E-state index is 0.390. The fourth-order valence-corrected chi connectivity index (χ4v) is 1.66. The second-order valence-electron chi connectivity index (χ2n) is 3.92. The molecule has 0 radical (unpaired) electrons. The highest BCUT2D eigenvalue weighted by atomic mass is 16.1. The Labute approximate surface area is 74.9 Å². The van der Waals surface area contributed by atoms with Crippen LogP contribution in [0.3, 0.4) is 0 Å². The fraction of sp³-hybridized carbons (Fsp3) is 0.727. The molecular weight excluding hydrogens is 148 g/mol. The predicted octanol–water partition coefficient (Wildman–Crippen LogP) is 3.10. The zero-order valence-electron chi connectivity index (χ0n) is 8.10. The molecule has 1 aliphatic carbocycles. The summed E-state index contributed by atoms with van der Waals surface area (Å²) in [5.74, 6) is 0.906. The number of carbonyl (C=O) groups is 1. The second kappa shape index (κ2) is 4.44. The third-order valence-corrected chi connectivity index (χ3v) is 2.24. The monoisotopic (exact) mass is 166 g/mol. The Morgan fingerprint density at radius 1 is 1.17 bits per heavy atom. The maximum atomic E-state index is 11.5. The number of Topliss-reactive ketones (excluding diaryl/α,β-unsaturated/α-hetero) is 1. The molecule has 0 aromatic heterocycles. The van der Waals surface area contributed by atoms with Gasteiger partial charge in [-0.3, -0.25) is 4.79 Å². The van der Waals surface area contributed by atoms with Crippen molar-refractivity contribution in [2.45, 2.75) is 46.0 Å². The lowest BCUT2D eigenvalue weighted by atomic mass is 10.0. The summed E-state index contributed by atoms with van der Waals surface area (Å²) in [6.07, 6.45) is 7.43. The second-order valence-corrected chi connectivity index (χ2v) is 3.92. The lowest BCUT2D eigenvalue weighted by Gasteiger charge is -2.03. The quantitative estimate of drug-likeness (QED) is 0.432. The van der Waals surface area contributed by atoms with Crippen LogP contribution in [0.2, 0.25) is 0 Å². The molecule has 1 saturated carbocycles. The highest BCUT2D eigenvalue weighted by molar-refractivity contribution is 5.95. The van der Waals surface area contributed by atoms with Gasteiger partial charge in [-0.05, 0) is 30.8 Å². The van der Waals surface area contributed by atoms with Crippen molar-refractivity contribution in [1.82, 2.24) is 0 Å². The molecule has 1 heteroatoms. The number of hydrogen-bond acceptors (Lipinski definition) is 1. The first-order chi connectivity index (χ1) is 5.70. The van der Waals surface area contributed by atoms with Gasteiger partial charge in [-0.15, -0.1) is 0 Å². The third kappa shape index (κ3) is 2.80. The van der Waals surface area contributed by atoms with E-state index in [1.807, 2.05) is 0 Å². The Balaban J connectivity index is 2.65. The van der Waals surface area contributed by atoms with E-state index in [-0.39, 0.29) is 0 Å². The average molecular weight is 166 g/mol. The summed E-state index contributed by atoms with van der Waals surface area (Å²) in [7, 11) is 0. The van der Waals surface area contributed by atoms with Gasteiger partial charge in [0.2, 0.25) is 0 Å². The first kappa shape index (κ1) is 9.50. The summed E-state index contributed by atoms with van der Waals surface area (Å²) in [6, 6.07) is 0. The van der Waals surface area contributed by atoms with Gasteiger partial charge in [0.25, 0.3) is 0 Å². The SMILES string of the molecule is CC(C)/C=C1/CCCCCC1=O. The smallest absolute Gasteiger partial charge is 0.158 e. The molecule has 1 rings (SSSR count). The summed E-state index contributed by atoms with van der Waals surface area (Å²) < 4.78 is 0. The molecule has 0 saturated heterocycles. The third-order valence-electron chi connectivity index (χ3n) is 2.24. The molecule has 0 atom stereocenters. The molecule has 0 spiro atoms. The minimum absolute atomic E-state index is 0.390. The normalized spacial score (nSPS) is 23.2. The van der Waals surface area contributed by atoms with E-state index in [0.29, 0.717) is 11.7 Å². The van der Waals surface area contributed by atoms with Crippen molar-refractivity contribution >= 4 is 5.78 Å². The van der Waals surface area contributed by atoms with Crippen molar-refractivity contribution < 1.29 is 4.79 Å². The van der Waals surface area contributed by atoms with Gasteiger partial charge in [-0.25, -0.2) is 0 Å². The van der Waals surface area contributed by atoms with Gasteiger partial charge < -0.3 is 0 Å². The molecule has 0 heterocycles. The van der Waals surface area contributed by atoms with E-state index in [9.17, 15) is 4.79 Å². The zero-order valence-corrected chi connectivity index (χ0v) is 8.10. The topological polar surface area (TPSA) is 17.1 Å². The van der Waals surface area contributed by atoms with Gasteiger partial charge >= 0.3 is 0 Å². The van der Waals surface area contributed by atoms with Crippen molar-refractivity contribution in [2.24, 2.45) is 5.92 Å². The van der Waals surface area contributed by atoms with E-state index >= 15 is 0 Å². The highest BCUT2D eigenvalue weighted by Crippen LogP contribution is 2.20. The van der Waals surface area contributed by atoms with Gasteiger partial charge in [0.05, 0.1) is 0 Å². The maximum absolute atomic E-state index is 11.5. The lowest BCUT2D eigenvalue weighted by molar-refractivity contribution is -0.115. The average Bonchev–Trinajstić information content (AvgIpc) is 2.16. The summed E-state index contributed by atoms with van der Waals surface area (Å²) >= 11 is 0. The molecule has 0 N–H and O–H groups in total. The Hall–Kier alpha value is -0.590. The van der Waals surface area contributed by atoms with E-state index in [2.05, 4.69) is 19.9 Å². The van der Waals surface area contributed by atoms with Crippen LogP contribution in [0.25, 0.3) is 0 Å². The molecule has 1 fully saturated rings. The van der Waals surface area contributed by atoms with Gasteiger partial charge in [0.1, 0.15) is 0 Å². The molecule has 0 aromatic carbocycles. The molecular formula is C11H18O. The number of hydrogen-bond donors (Lipinski definition) is 0. The Bertz CT molecular complexity index is 189. The van der Waals surface area contributed by atoms with Crippen molar-refractivity contribution in [3.05, 3.63) is 11.6 Å². The fourth-order valence-electron chi connectivity index (χ4n) is 1.66. The Morgan fingerprint density at radius 3 is 2.50 bits per heavy atom. The van der Waals surface area contributed by atoms with Crippen LogP contribution >= 0.6 is 0 Å². The maximum Gasteiger partial charge on any atom is 0.158 e. The molecule has 1 nitrogen and oxygen atoms in total.